The van der Waals surface area contributed by atoms with Crippen LogP contribution in [0.1, 0.15) is 11.4 Å². The van der Waals surface area contributed by atoms with Crippen LogP contribution in [0.4, 0.5) is 5.69 Å². The molecule has 0 atom stereocenters. The number of nitrogens with one attached hydrogen (secondary N) is 2. The molecular formula is C22H27N5O2. The lowest BCUT2D eigenvalue weighted by atomic mass is 10.2. The molecule has 1 aromatic heterocycles. The Kier molecular flexibility index (Phi) is 7.10. The third-order valence-corrected chi connectivity index (χ3v) is 4.51. The molecule has 0 amide bonds. The fourth-order valence-electron chi connectivity index (χ4n) is 3.01. The molecule has 0 aliphatic rings. The predicted octanol–water partition coefficient (Wildman–Crippen LogP) is 3.18. The molecule has 3 aromatic rings. The van der Waals surface area contributed by atoms with Crippen molar-refractivity contribution in [2.75, 3.05) is 33.1 Å². The molecular weight excluding hydrogens is 366 g/mol. The van der Waals surface area contributed by atoms with E-state index in [-0.39, 0.29) is 0 Å². The summed E-state index contributed by atoms with van der Waals surface area (Å²) >= 11 is 0. The summed E-state index contributed by atoms with van der Waals surface area (Å²) in [7, 11) is 4.98. The zero-order valence-corrected chi connectivity index (χ0v) is 17.1. The largest absolute Gasteiger partial charge is 0.493 e. The van der Waals surface area contributed by atoms with Gasteiger partial charge in [-0.2, -0.15) is 0 Å². The molecule has 0 unspecified atom stereocenters. The zero-order valence-electron chi connectivity index (χ0n) is 17.1. The Morgan fingerprint density at radius 3 is 2.59 bits per heavy atom. The first-order chi connectivity index (χ1) is 14.2. The molecule has 2 N–H and O–H groups in total. The molecule has 7 nitrogen and oxygen atoms in total. The maximum absolute atomic E-state index is 5.35. The summed E-state index contributed by atoms with van der Waals surface area (Å²) in [6, 6.07) is 16.0. The van der Waals surface area contributed by atoms with Crippen LogP contribution in [0.2, 0.25) is 0 Å². The second kappa shape index (κ2) is 10.2. The average molecular weight is 393 g/mol. The predicted molar refractivity (Wildman–Crippen MR) is 116 cm³/mol. The smallest absolute Gasteiger partial charge is 0.195 e. The average Bonchev–Trinajstić information content (AvgIpc) is 3.20. The number of benzene rings is 2. The van der Waals surface area contributed by atoms with Gasteiger partial charge in [-0.3, -0.25) is 4.99 Å². The second-order valence-electron chi connectivity index (χ2n) is 6.40. The van der Waals surface area contributed by atoms with Crippen molar-refractivity contribution in [3.05, 3.63) is 72.3 Å². The van der Waals surface area contributed by atoms with E-state index in [1.54, 1.807) is 21.3 Å². The van der Waals surface area contributed by atoms with Gasteiger partial charge in [0.15, 0.2) is 17.5 Å². The van der Waals surface area contributed by atoms with E-state index in [0.717, 1.165) is 24.5 Å². The van der Waals surface area contributed by atoms with E-state index in [1.165, 1.54) is 5.56 Å². The van der Waals surface area contributed by atoms with Crippen molar-refractivity contribution in [3.63, 3.8) is 0 Å². The molecule has 0 saturated carbocycles. The van der Waals surface area contributed by atoms with E-state index in [1.807, 2.05) is 36.7 Å². The Bertz CT molecular complexity index is 937. The molecule has 0 bridgehead atoms. The van der Waals surface area contributed by atoms with Crippen LogP contribution in [0.5, 0.6) is 11.5 Å². The van der Waals surface area contributed by atoms with Gasteiger partial charge in [-0.05, 0) is 17.7 Å². The molecule has 29 heavy (non-hydrogen) atoms. The lowest BCUT2D eigenvalue weighted by Gasteiger charge is -2.14. The third kappa shape index (κ3) is 5.51. The fourth-order valence-corrected chi connectivity index (χ4v) is 3.01. The van der Waals surface area contributed by atoms with Gasteiger partial charge in [-0.1, -0.05) is 30.3 Å². The highest BCUT2D eigenvalue weighted by atomic mass is 16.5. The minimum absolute atomic E-state index is 0.663. The first-order valence-electron chi connectivity index (χ1n) is 9.47. The molecule has 152 valence electrons. The number of aromatic nitrogens is 2. The van der Waals surface area contributed by atoms with Gasteiger partial charge in [0.2, 0.25) is 0 Å². The number of hydrogen-bond acceptors (Lipinski definition) is 4. The van der Waals surface area contributed by atoms with Crippen LogP contribution in [0.3, 0.4) is 0 Å². The van der Waals surface area contributed by atoms with Crippen LogP contribution in [-0.2, 0) is 13.0 Å². The minimum Gasteiger partial charge on any atom is -0.493 e. The number of imidazole rings is 1. The van der Waals surface area contributed by atoms with Crippen molar-refractivity contribution in [2.24, 2.45) is 4.99 Å². The van der Waals surface area contributed by atoms with Crippen LogP contribution in [0, 0.1) is 0 Å². The minimum atomic E-state index is 0.663. The lowest BCUT2D eigenvalue weighted by molar-refractivity contribution is 0.355. The van der Waals surface area contributed by atoms with Gasteiger partial charge in [0.05, 0.1) is 14.2 Å². The summed E-state index contributed by atoms with van der Waals surface area (Å²) in [5.74, 6) is 3.06. The van der Waals surface area contributed by atoms with Crippen molar-refractivity contribution in [3.8, 4) is 11.5 Å². The maximum Gasteiger partial charge on any atom is 0.195 e. The maximum atomic E-state index is 5.35. The van der Waals surface area contributed by atoms with E-state index in [2.05, 4.69) is 49.4 Å². The number of aliphatic imine (C=N–C) groups is 1. The van der Waals surface area contributed by atoms with E-state index >= 15 is 0 Å². The van der Waals surface area contributed by atoms with E-state index in [4.69, 9.17) is 9.47 Å². The van der Waals surface area contributed by atoms with Gasteiger partial charge in [0.1, 0.15) is 5.82 Å². The van der Waals surface area contributed by atoms with Crippen molar-refractivity contribution in [1.82, 2.24) is 14.9 Å². The molecule has 0 aliphatic carbocycles. The van der Waals surface area contributed by atoms with Crippen LogP contribution < -0.4 is 20.1 Å². The van der Waals surface area contributed by atoms with Gasteiger partial charge < -0.3 is 24.7 Å². The Morgan fingerprint density at radius 1 is 1.07 bits per heavy atom. The first kappa shape index (κ1) is 20.3. The number of nitrogens with zero attached hydrogens (tertiary/aromatic N) is 3. The van der Waals surface area contributed by atoms with Gasteiger partial charge in [-0.15, -0.1) is 0 Å². The van der Waals surface area contributed by atoms with Gasteiger partial charge >= 0.3 is 0 Å². The molecule has 0 saturated heterocycles. The number of hydrogen-bond donors (Lipinski definition) is 2. The second-order valence-corrected chi connectivity index (χ2v) is 6.40. The third-order valence-electron chi connectivity index (χ3n) is 4.51. The first-order valence-corrected chi connectivity index (χ1v) is 9.47. The number of rotatable bonds is 8. The summed E-state index contributed by atoms with van der Waals surface area (Å²) in [5.41, 5.74) is 2.12. The summed E-state index contributed by atoms with van der Waals surface area (Å²) in [4.78, 5) is 8.78. The number of methoxy groups -OCH3 is 2. The molecule has 0 fully saturated rings. The van der Waals surface area contributed by atoms with Crippen LogP contribution in [0.15, 0.2) is 65.9 Å². The molecule has 0 radical (unpaired) electrons. The quantitative estimate of drug-likeness (QED) is 0.454. The fraction of sp³-hybridized carbons (Fsp3) is 0.273. The summed E-state index contributed by atoms with van der Waals surface area (Å²) < 4.78 is 12.8. The van der Waals surface area contributed by atoms with Crippen LogP contribution >= 0.6 is 0 Å². The van der Waals surface area contributed by atoms with Crippen LogP contribution in [-0.4, -0.2) is 43.3 Å². The lowest BCUT2D eigenvalue weighted by Crippen LogP contribution is -2.32. The topological polar surface area (TPSA) is 72.7 Å². The van der Waals surface area contributed by atoms with Crippen molar-refractivity contribution in [1.29, 1.82) is 0 Å². The number of guanidine groups is 1. The van der Waals surface area contributed by atoms with E-state index in [9.17, 15) is 0 Å². The van der Waals surface area contributed by atoms with Gasteiger partial charge in [0.25, 0.3) is 0 Å². The normalized spacial score (nSPS) is 11.2. The SMILES string of the molecule is CN=C(NCCc1nccn1Cc1ccccc1)Nc1ccc(OC)c(OC)c1. The standard InChI is InChI=1S/C22H27N5O2/c1-23-22(26-18-9-10-19(28-2)20(15-18)29-3)25-12-11-21-24-13-14-27(21)16-17-7-5-4-6-8-17/h4-10,13-15H,11-12,16H2,1-3H3,(H2,23,25,26). The highest BCUT2D eigenvalue weighted by Crippen LogP contribution is 2.29. The molecule has 3 rings (SSSR count). The number of ether oxygens (including phenoxy) is 2. The summed E-state index contributed by atoms with van der Waals surface area (Å²) in [6.07, 6.45) is 4.64. The molecule has 0 aliphatic heterocycles. The Hall–Kier alpha value is -3.48. The molecule has 2 aromatic carbocycles. The Morgan fingerprint density at radius 2 is 1.86 bits per heavy atom. The van der Waals surface area contributed by atoms with Crippen molar-refractivity contribution < 1.29 is 9.47 Å². The van der Waals surface area contributed by atoms with Gasteiger partial charge in [0, 0.05) is 50.7 Å². The number of anilines is 1. The van der Waals surface area contributed by atoms with Crippen LogP contribution in [0.25, 0.3) is 0 Å². The zero-order chi connectivity index (χ0) is 20.5. The van der Waals surface area contributed by atoms with Gasteiger partial charge in [-0.25, -0.2) is 4.98 Å². The highest BCUT2D eigenvalue weighted by Gasteiger charge is 2.07. The van der Waals surface area contributed by atoms with Crippen molar-refractivity contribution in [2.45, 2.75) is 13.0 Å². The molecule has 0 spiro atoms. The molecule has 7 heteroatoms. The molecule has 1 heterocycles. The Labute approximate surface area is 171 Å². The Balaban J connectivity index is 1.55. The monoisotopic (exact) mass is 393 g/mol. The van der Waals surface area contributed by atoms with E-state index in [0.29, 0.717) is 24.0 Å². The highest BCUT2D eigenvalue weighted by molar-refractivity contribution is 5.93. The summed E-state index contributed by atoms with van der Waals surface area (Å²) in [6.45, 7) is 1.52. The summed E-state index contributed by atoms with van der Waals surface area (Å²) in [5, 5.41) is 6.59. The van der Waals surface area contributed by atoms with Crippen molar-refractivity contribution >= 4 is 11.6 Å². The van der Waals surface area contributed by atoms with E-state index < -0.39 is 0 Å².